The largest absolute Gasteiger partial charge is 0.488 e. The van der Waals surface area contributed by atoms with E-state index in [-0.39, 0.29) is 18.1 Å². The summed E-state index contributed by atoms with van der Waals surface area (Å²) in [7, 11) is 0. The molecule has 29 heavy (non-hydrogen) atoms. The number of carbonyl (C=O) groups is 1. The second kappa shape index (κ2) is 10.2. The Morgan fingerprint density at radius 3 is 2.48 bits per heavy atom. The van der Waals surface area contributed by atoms with Crippen LogP contribution in [0.2, 0.25) is 5.02 Å². The molecule has 0 aliphatic carbocycles. The second-order valence-corrected chi connectivity index (χ2v) is 7.55. The van der Waals surface area contributed by atoms with Gasteiger partial charge in [-0.25, -0.2) is 9.82 Å². The van der Waals surface area contributed by atoms with Crippen LogP contribution in [0.25, 0.3) is 0 Å². The van der Waals surface area contributed by atoms with Crippen molar-refractivity contribution in [3.05, 3.63) is 98.7 Å². The number of amides is 1. The fourth-order valence-electron chi connectivity index (χ4n) is 2.49. The lowest BCUT2D eigenvalue weighted by Crippen LogP contribution is -2.19. The van der Waals surface area contributed by atoms with E-state index in [1.807, 2.05) is 30.3 Å². The van der Waals surface area contributed by atoms with Gasteiger partial charge in [0.15, 0.2) is 0 Å². The van der Waals surface area contributed by atoms with Gasteiger partial charge in [0.2, 0.25) is 5.91 Å². The van der Waals surface area contributed by atoms with Gasteiger partial charge < -0.3 is 4.74 Å². The van der Waals surface area contributed by atoms with Crippen LogP contribution in [0.5, 0.6) is 5.75 Å². The number of halogens is 3. The molecular formula is C22H17BrClFN2O2. The van der Waals surface area contributed by atoms with E-state index in [2.05, 4.69) is 26.5 Å². The highest BCUT2D eigenvalue weighted by atomic mass is 79.9. The molecule has 148 valence electrons. The Hall–Kier alpha value is -2.70. The van der Waals surface area contributed by atoms with Gasteiger partial charge in [-0.1, -0.05) is 51.8 Å². The molecule has 0 bridgehead atoms. The molecule has 1 amide bonds. The fraction of sp³-hybridized carbons (Fsp3) is 0.0909. The topological polar surface area (TPSA) is 50.7 Å². The Labute approximate surface area is 181 Å². The van der Waals surface area contributed by atoms with E-state index in [9.17, 15) is 9.18 Å². The minimum atomic E-state index is -0.340. The van der Waals surface area contributed by atoms with Gasteiger partial charge in [-0.05, 0) is 53.6 Å². The molecule has 0 fully saturated rings. The van der Waals surface area contributed by atoms with Crippen LogP contribution >= 0.6 is 27.5 Å². The van der Waals surface area contributed by atoms with E-state index >= 15 is 0 Å². The molecule has 3 aromatic rings. The molecule has 0 aromatic heterocycles. The lowest BCUT2D eigenvalue weighted by molar-refractivity contribution is -0.120. The Morgan fingerprint density at radius 1 is 1.07 bits per heavy atom. The van der Waals surface area contributed by atoms with E-state index in [0.717, 1.165) is 10.0 Å². The van der Waals surface area contributed by atoms with Gasteiger partial charge in [0.1, 0.15) is 18.2 Å². The Balaban J connectivity index is 1.61. The number of ether oxygens (including phenoxy) is 1. The molecule has 0 atom stereocenters. The number of carbonyl (C=O) groups excluding carboxylic acids is 1. The first-order valence-electron chi connectivity index (χ1n) is 8.73. The maximum Gasteiger partial charge on any atom is 0.244 e. The van der Waals surface area contributed by atoms with Crippen LogP contribution in [0.4, 0.5) is 4.39 Å². The lowest BCUT2D eigenvalue weighted by Gasteiger charge is -2.10. The first-order valence-corrected chi connectivity index (χ1v) is 9.90. The van der Waals surface area contributed by atoms with Crippen molar-refractivity contribution in [1.82, 2.24) is 5.43 Å². The summed E-state index contributed by atoms with van der Waals surface area (Å²) >= 11 is 9.32. The second-order valence-electron chi connectivity index (χ2n) is 6.19. The van der Waals surface area contributed by atoms with Gasteiger partial charge >= 0.3 is 0 Å². The summed E-state index contributed by atoms with van der Waals surface area (Å²) in [6, 6.07) is 18.7. The SMILES string of the molecule is O=C(Cc1ccc(F)cc1)N/N=C/c1cc(Br)ccc1OCc1ccc(Cl)cc1. The Kier molecular flexibility index (Phi) is 7.38. The van der Waals surface area contributed by atoms with Crippen LogP contribution in [0, 0.1) is 5.82 Å². The van der Waals surface area contributed by atoms with Crippen molar-refractivity contribution in [2.75, 3.05) is 0 Å². The monoisotopic (exact) mass is 474 g/mol. The number of hydrazone groups is 1. The van der Waals surface area contributed by atoms with Crippen LogP contribution in [0.15, 0.2) is 76.3 Å². The summed E-state index contributed by atoms with van der Waals surface area (Å²) in [5.74, 6) is -0.0147. The van der Waals surface area contributed by atoms with E-state index in [4.69, 9.17) is 16.3 Å². The molecule has 0 heterocycles. The van der Waals surface area contributed by atoms with Crippen molar-refractivity contribution in [2.24, 2.45) is 5.10 Å². The minimum absolute atomic E-state index is 0.107. The molecule has 0 aliphatic heterocycles. The summed E-state index contributed by atoms with van der Waals surface area (Å²) in [5.41, 5.74) is 4.86. The molecular weight excluding hydrogens is 459 g/mol. The van der Waals surface area contributed by atoms with Gasteiger partial charge in [0.05, 0.1) is 12.6 Å². The zero-order valence-corrected chi connectivity index (χ0v) is 17.6. The van der Waals surface area contributed by atoms with E-state index in [0.29, 0.717) is 28.5 Å². The molecule has 1 N–H and O–H groups in total. The molecule has 0 unspecified atom stereocenters. The normalized spacial score (nSPS) is 10.9. The van der Waals surface area contributed by atoms with E-state index in [1.165, 1.54) is 18.3 Å². The molecule has 7 heteroatoms. The molecule has 3 aromatic carbocycles. The predicted molar refractivity (Wildman–Crippen MR) is 116 cm³/mol. The van der Waals surface area contributed by atoms with Gasteiger partial charge in [0, 0.05) is 15.1 Å². The van der Waals surface area contributed by atoms with E-state index in [1.54, 1.807) is 24.3 Å². The minimum Gasteiger partial charge on any atom is -0.488 e. The molecule has 0 spiro atoms. The summed E-state index contributed by atoms with van der Waals surface area (Å²) < 4.78 is 19.7. The summed E-state index contributed by atoms with van der Waals surface area (Å²) in [6.45, 7) is 0.372. The first kappa shape index (κ1) is 21.0. The highest BCUT2D eigenvalue weighted by molar-refractivity contribution is 9.10. The predicted octanol–water partition coefficient (Wildman–Crippen LogP) is 5.51. The highest BCUT2D eigenvalue weighted by Gasteiger charge is 2.05. The van der Waals surface area contributed by atoms with Crippen LogP contribution in [0.3, 0.4) is 0 Å². The molecule has 0 saturated carbocycles. The molecule has 0 aliphatic rings. The van der Waals surface area contributed by atoms with Crippen molar-refractivity contribution in [1.29, 1.82) is 0 Å². The maximum atomic E-state index is 12.9. The Bertz CT molecular complexity index is 1010. The van der Waals surface area contributed by atoms with E-state index < -0.39 is 0 Å². The quantitative estimate of drug-likeness (QED) is 0.362. The number of nitrogens with zero attached hydrogens (tertiary/aromatic N) is 1. The van der Waals surface area contributed by atoms with Crippen molar-refractivity contribution < 1.29 is 13.9 Å². The number of nitrogens with one attached hydrogen (secondary N) is 1. The first-order chi connectivity index (χ1) is 14.0. The standard InChI is InChI=1S/C22H17BrClFN2O2/c23-18-5-10-21(29-14-16-1-6-19(24)7-2-16)17(12-18)13-26-27-22(28)11-15-3-8-20(25)9-4-15/h1-10,12-13H,11,14H2,(H,27,28)/b26-13+. The number of hydrogen-bond acceptors (Lipinski definition) is 3. The smallest absolute Gasteiger partial charge is 0.244 e. The lowest BCUT2D eigenvalue weighted by atomic mass is 10.1. The number of rotatable bonds is 7. The third-order valence-electron chi connectivity index (χ3n) is 3.95. The fourth-order valence-corrected chi connectivity index (χ4v) is 3.00. The summed E-state index contributed by atoms with van der Waals surface area (Å²) in [5, 5.41) is 4.67. The maximum absolute atomic E-state index is 12.9. The zero-order valence-electron chi connectivity index (χ0n) is 15.2. The summed E-state index contributed by atoms with van der Waals surface area (Å²) in [6.07, 6.45) is 1.63. The van der Waals surface area contributed by atoms with Gasteiger partial charge in [-0.15, -0.1) is 0 Å². The third kappa shape index (κ3) is 6.69. The third-order valence-corrected chi connectivity index (χ3v) is 4.70. The Morgan fingerprint density at radius 2 is 1.76 bits per heavy atom. The molecule has 3 rings (SSSR count). The van der Waals surface area contributed by atoms with Crippen molar-refractivity contribution in [3.63, 3.8) is 0 Å². The van der Waals surface area contributed by atoms with Crippen LogP contribution < -0.4 is 10.2 Å². The number of benzene rings is 3. The van der Waals surface area contributed by atoms with Crippen LogP contribution in [-0.4, -0.2) is 12.1 Å². The zero-order chi connectivity index (χ0) is 20.6. The van der Waals surface area contributed by atoms with Crippen LogP contribution in [-0.2, 0) is 17.8 Å². The van der Waals surface area contributed by atoms with Gasteiger partial charge in [-0.2, -0.15) is 5.10 Å². The molecule has 0 saturated heterocycles. The van der Waals surface area contributed by atoms with Crippen molar-refractivity contribution in [3.8, 4) is 5.75 Å². The van der Waals surface area contributed by atoms with Crippen molar-refractivity contribution >= 4 is 39.7 Å². The van der Waals surface area contributed by atoms with Gasteiger partial charge in [-0.3, -0.25) is 4.79 Å². The van der Waals surface area contributed by atoms with Crippen molar-refractivity contribution in [2.45, 2.75) is 13.0 Å². The average Bonchev–Trinajstić information content (AvgIpc) is 2.70. The average molecular weight is 476 g/mol. The van der Waals surface area contributed by atoms with Gasteiger partial charge in [0.25, 0.3) is 0 Å². The summed E-state index contributed by atoms with van der Waals surface area (Å²) in [4.78, 5) is 12.0. The highest BCUT2D eigenvalue weighted by Crippen LogP contribution is 2.23. The molecule has 0 radical (unpaired) electrons. The van der Waals surface area contributed by atoms with Crippen LogP contribution in [0.1, 0.15) is 16.7 Å². The number of hydrogen-bond donors (Lipinski definition) is 1. The molecule has 4 nitrogen and oxygen atoms in total.